The third-order valence-corrected chi connectivity index (χ3v) is 17.7. The third kappa shape index (κ3) is 8.36. The number of nitrogens with one attached hydrogen (secondary N) is 2. The maximum atomic E-state index is 15.1. The van der Waals surface area contributed by atoms with E-state index in [0.717, 1.165) is 64.1 Å². The fraction of sp³-hybridized carbons (Fsp3) is 0.422. The first-order valence-corrected chi connectivity index (χ1v) is 23.0. The van der Waals surface area contributed by atoms with E-state index >= 15 is 4.79 Å². The number of benzene rings is 3. The molecule has 10 nitrogen and oxygen atoms in total. The summed E-state index contributed by atoms with van der Waals surface area (Å²) < 4.78 is 13.6. The monoisotopic (exact) mass is 804 g/mol. The van der Waals surface area contributed by atoms with Crippen LogP contribution in [-0.4, -0.2) is 80.0 Å². The van der Waals surface area contributed by atoms with Crippen LogP contribution >= 0.6 is 11.3 Å². The van der Waals surface area contributed by atoms with Gasteiger partial charge in [0.1, 0.15) is 12.0 Å². The Morgan fingerprint density at radius 2 is 1.58 bits per heavy atom. The number of hydrogen-bond acceptors (Lipinski definition) is 9. The van der Waals surface area contributed by atoms with E-state index in [1.54, 1.807) is 16.2 Å². The highest BCUT2D eigenvalue weighted by Crippen LogP contribution is 2.40. The molecule has 0 spiro atoms. The van der Waals surface area contributed by atoms with Crippen LogP contribution < -0.4 is 25.9 Å². The van der Waals surface area contributed by atoms with Crippen LogP contribution in [0.1, 0.15) is 76.9 Å². The minimum absolute atomic E-state index is 0.110. The van der Waals surface area contributed by atoms with Crippen LogP contribution in [0.15, 0.2) is 101 Å². The second-order valence-electron chi connectivity index (χ2n) is 16.8. The minimum Gasteiger partial charge on any atom is -0.403 e. The third-order valence-electron chi connectivity index (χ3n) is 11.6. The number of likely N-dealkylation sites (tertiary alicyclic amines) is 1. The quantitative estimate of drug-likeness (QED) is 0.135. The van der Waals surface area contributed by atoms with Gasteiger partial charge in [-0.1, -0.05) is 125 Å². The second-order valence-corrected chi connectivity index (χ2v) is 21.9. The summed E-state index contributed by atoms with van der Waals surface area (Å²) in [7, 11) is -3.00. The molecule has 4 heterocycles. The molecule has 2 N–H and O–H groups in total. The van der Waals surface area contributed by atoms with Crippen molar-refractivity contribution >= 4 is 47.7 Å². The van der Waals surface area contributed by atoms with Crippen molar-refractivity contribution in [2.24, 2.45) is 5.92 Å². The van der Waals surface area contributed by atoms with Crippen molar-refractivity contribution in [2.45, 2.75) is 84.0 Å². The van der Waals surface area contributed by atoms with Gasteiger partial charge < -0.3 is 29.4 Å². The Hall–Kier alpha value is -4.62. The maximum absolute atomic E-state index is 15.1. The summed E-state index contributed by atoms with van der Waals surface area (Å²) in [4.78, 5) is 39.2. The van der Waals surface area contributed by atoms with Crippen LogP contribution in [0, 0.1) is 12.8 Å². The number of anilines is 1. The standard InChI is InChI=1S/C45H56N6O4SSi/c1-30(2)41(39-27-40(49-54-39)50-24-22-46-23-25-50)44(53)51-28-35(55-57(45(5,6)7,36-14-10-8-11-15-36)37-16-12-9-13-17-37)26-38(51)43(52)48-31(3)33-18-20-34(21-19-33)42-32(4)47-29-56-42/h8-21,27,29-31,35,38,41,46H,22-26,28H2,1-7H3,(H,48,52)/t31-,35+,38-,41+/m0/s1. The molecule has 2 fully saturated rings. The van der Waals surface area contributed by atoms with Crippen LogP contribution in [0.4, 0.5) is 5.82 Å². The predicted octanol–water partition coefficient (Wildman–Crippen LogP) is 6.68. The zero-order valence-corrected chi connectivity index (χ0v) is 36.0. The number of amides is 2. The van der Waals surface area contributed by atoms with Crippen molar-refractivity contribution < 1.29 is 18.5 Å². The molecular weight excluding hydrogens is 749 g/mol. The number of nitrogens with zero attached hydrogens (tertiary/aromatic N) is 4. The Bertz CT molecular complexity index is 2070. The van der Waals surface area contributed by atoms with Crippen LogP contribution in [0.25, 0.3) is 10.4 Å². The molecule has 2 amide bonds. The number of hydrogen-bond donors (Lipinski definition) is 2. The highest BCUT2D eigenvalue weighted by atomic mass is 32.1. The molecule has 2 saturated heterocycles. The largest absolute Gasteiger partial charge is 0.403 e. The van der Waals surface area contributed by atoms with Gasteiger partial charge in [-0.15, -0.1) is 11.3 Å². The van der Waals surface area contributed by atoms with Gasteiger partial charge in [0.15, 0.2) is 11.6 Å². The van der Waals surface area contributed by atoms with E-state index in [2.05, 4.69) is 119 Å². The van der Waals surface area contributed by atoms with Crippen LogP contribution in [0.2, 0.25) is 5.04 Å². The number of carbonyl (C=O) groups excluding carboxylic acids is 2. The fourth-order valence-corrected chi connectivity index (χ4v) is 14.1. The van der Waals surface area contributed by atoms with Gasteiger partial charge in [0.05, 0.1) is 28.2 Å². The number of piperazine rings is 1. The molecule has 2 aromatic heterocycles. The topological polar surface area (TPSA) is 113 Å². The normalized spacial score (nSPS) is 18.8. The maximum Gasteiger partial charge on any atom is 0.261 e. The summed E-state index contributed by atoms with van der Waals surface area (Å²) in [6, 6.07) is 30.2. The Morgan fingerprint density at radius 3 is 2.14 bits per heavy atom. The van der Waals surface area contributed by atoms with Gasteiger partial charge in [0.25, 0.3) is 8.32 Å². The summed E-state index contributed by atoms with van der Waals surface area (Å²) in [6.07, 6.45) is -0.0294. The Kier molecular flexibility index (Phi) is 12.2. The molecule has 4 atom stereocenters. The molecule has 0 saturated carbocycles. The molecule has 0 bridgehead atoms. The van der Waals surface area contributed by atoms with Gasteiger partial charge in [-0.05, 0) is 46.3 Å². The van der Waals surface area contributed by atoms with Crippen LogP contribution in [0.3, 0.4) is 0 Å². The average molecular weight is 805 g/mol. The van der Waals surface area contributed by atoms with Gasteiger partial charge >= 0.3 is 0 Å². The summed E-state index contributed by atoms with van der Waals surface area (Å²) in [5.41, 5.74) is 4.94. The van der Waals surface area contributed by atoms with Gasteiger partial charge in [-0.3, -0.25) is 9.59 Å². The molecule has 3 aromatic carbocycles. The lowest BCUT2D eigenvalue weighted by molar-refractivity contribution is -0.141. The SMILES string of the molecule is Cc1ncsc1-c1ccc([C@H](C)NC(=O)[C@@H]2C[C@@H](O[Si](c3ccccc3)(c3ccccc3)C(C)(C)C)CN2C(=O)[C@@H](c2cc(N3CCNCC3)no2)C(C)C)cc1. The Labute approximate surface area is 342 Å². The Morgan fingerprint density at radius 1 is 0.947 bits per heavy atom. The average Bonchev–Trinajstić information content (AvgIpc) is 3.98. The van der Waals surface area contributed by atoms with Gasteiger partial charge in [-0.2, -0.15) is 0 Å². The van der Waals surface area contributed by atoms with Crippen molar-refractivity contribution in [1.82, 2.24) is 25.7 Å². The molecule has 57 heavy (non-hydrogen) atoms. The van der Waals surface area contributed by atoms with E-state index in [-0.39, 0.29) is 35.4 Å². The second kappa shape index (κ2) is 17.1. The van der Waals surface area contributed by atoms with Crippen molar-refractivity contribution in [2.75, 3.05) is 37.6 Å². The van der Waals surface area contributed by atoms with Crippen molar-refractivity contribution in [3.8, 4) is 10.4 Å². The van der Waals surface area contributed by atoms with E-state index in [1.807, 2.05) is 51.4 Å². The van der Waals surface area contributed by atoms with Gasteiger partial charge in [0.2, 0.25) is 11.8 Å². The molecule has 12 heteroatoms. The van der Waals surface area contributed by atoms with Crippen molar-refractivity contribution in [1.29, 1.82) is 0 Å². The van der Waals surface area contributed by atoms with E-state index < -0.39 is 26.4 Å². The van der Waals surface area contributed by atoms with Crippen molar-refractivity contribution in [3.63, 3.8) is 0 Å². The molecule has 2 aliphatic heterocycles. The van der Waals surface area contributed by atoms with Crippen molar-refractivity contribution in [3.05, 3.63) is 114 Å². The molecule has 0 unspecified atom stereocenters. The summed E-state index contributed by atoms with van der Waals surface area (Å²) in [6.45, 7) is 18.4. The van der Waals surface area contributed by atoms with Crippen LogP contribution in [-0.2, 0) is 14.0 Å². The number of carbonyl (C=O) groups is 2. The van der Waals surface area contributed by atoms with E-state index in [1.165, 1.54) is 0 Å². The molecule has 0 aliphatic carbocycles. The molecule has 5 aromatic rings. The smallest absolute Gasteiger partial charge is 0.261 e. The number of aryl methyl sites for hydroxylation is 1. The molecule has 300 valence electrons. The lowest BCUT2D eigenvalue weighted by Gasteiger charge is -2.44. The fourth-order valence-electron chi connectivity index (χ4n) is 8.59. The van der Waals surface area contributed by atoms with E-state index in [0.29, 0.717) is 12.2 Å². The minimum atomic E-state index is -3.00. The number of thiazole rings is 1. The highest BCUT2D eigenvalue weighted by Gasteiger charge is 2.54. The number of rotatable bonds is 12. The first-order valence-electron chi connectivity index (χ1n) is 20.2. The molecule has 0 radical (unpaired) electrons. The predicted molar refractivity (Wildman–Crippen MR) is 231 cm³/mol. The van der Waals surface area contributed by atoms with E-state index in [4.69, 9.17) is 8.95 Å². The summed E-state index contributed by atoms with van der Waals surface area (Å²) in [5, 5.41) is 13.1. The van der Waals surface area contributed by atoms with Gasteiger partial charge in [-0.25, -0.2) is 4.98 Å². The molecular formula is C45H56N6O4SSi. The van der Waals surface area contributed by atoms with Crippen LogP contribution in [0.5, 0.6) is 0 Å². The Balaban J connectivity index is 1.21. The zero-order chi connectivity index (χ0) is 40.3. The first-order chi connectivity index (χ1) is 27.4. The number of aromatic nitrogens is 2. The van der Waals surface area contributed by atoms with E-state index in [9.17, 15) is 4.79 Å². The summed E-state index contributed by atoms with van der Waals surface area (Å²) >= 11 is 1.62. The highest BCUT2D eigenvalue weighted by molar-refractivity contribution is 7.13. The zero-order valence-electron chi connectivity index (χ0n) is 34.2. The lowest BCUT2D eigenvalue weighted by Crippen LogP contribution is -2.67. The molecule has 2 aliphatic rings. The lowest BCUT2D eigenvalue weighted by atomic mass is 9.91. The van der Waals surface area contributed by atoms with Gasteiger partial charge in [0, 0.05) is 45.2 Å². The molecule has 7 rings (SSSR count). The summed E-state index contributed by atoms with van der Waals surface area (Å²) in [5.74, 6) is 0.159. The first kappa shape index (κ1) is 40.6.